The monoisotopic (exact) mass is 482 g/mol. The summed E-state index contributed by atoms with van der Waals surface area (Å²) >= 11 is 4.20. The van der Waals surface area contributed by atoms with Crippen LogP contribution in [-0.2, 0) is 0 Å². The second-order valence-electron chi connectivity index (χ2n) is 8.41. The quantitative estimate of drug-likeness (QED) is 0.179. The number of benzene rings is 4. The standard InChI is InChI=1S/C33H26N2S/c36-35-31-19-17-30(18-20-31)33(28-9-5-2-6-10-28)32(27-7-3-1-4-8-27)29-15-13-25(14-16-29)11-12-26-21-23-34-24-22-26/h1-24,35-36H/b12-11+,33-32+. The van der Waals surface area contributed by atoms with Gasteiger partial charge in [-0.15, -0.1) is 0 Å². The third-order valence-electron chi connectivity index (χ3n) is 6.05. The van der Waals surface area contributed by atoms with E-state index in [0.29, 0.717) is 0 Å². The van der Waals surface area contributed by atoms with Gasteiger partial charge in [-0.05, 0) is 68.8 Å². The Bertz CT molecular complexity index is 1460. The van der Waals surface area contributed by atoms with Crippen LogP contribution in [0.3, 0.4) is 0 Å². The van der Waals surface area contributed by atoms with Crippen LogP contribution in [0.1, 0.15) is 33.4 Å². The molecule has 0 aliphatic carbocycles. The van der Waals surface area contributed by atoms with Crippen LogP contribution in [0.25, 0.3) is 23.3 Å². The number of rotatable bonds is 7. The second kappa shape index (κ2) is 11.4. The van der Waals surface area contributed by atoms with E-state index in [1.807, 2.05) is 24.5 Å². The van der Waals surface area contributed by atoms with E-state index < -0.39 is 0 Å². The number of hydrogen-bond acceptors (Lipinski definition) is 3. The lowest BCUT2D eigenvalue weighted by molar-refractivity contribution is 1.32. The number of hydrogen-bond donors (Lipinski definition) is 2. The molecule has 1 heterocycles. The third-order valence-corrected chi connectivity index (χ3v) is 6.31. The zero-order valence-corrected chi connectivity index (χ0v) is 20.6. The van der Waals surface area contributed by atoms with Crippen LogP contribution < -0.4 is 4.72 Å². The van der Waals surface area contributed by atoms with Crippen LogP contribution in [0.2, 0.25) is 0 Å². The van der Waals surface area contributed by atoms with E-state index in [1.165, 1.54) is 22.3 Å². The smallest absolute Gasteiger partial charge is 0.0438 e. The van der Waals surface area contributed by atoms with Crippen molar-refractivity contribution in [2.24, 2.45) is 0 Å². The lowest BCUT2D eigenvalue weighted by Crippen LogP contribution is -1.97. The maximum atomic E-state index is 4.20. The van der Waals surface area contributed by atoms with Crippen molar-refractivity contribution in [1.82, 2.24) is 4.98 Å². The molecule has 174 valence electrons. The van der Waals surface area contributed by atoms with Gasteiger partial charge in [-0.1, -0.05) is 122 Å². The zero-order valence-electron chi connectivity index (χ0n) is 19.8. The summed E-state index contributed by atoms with van der Waals surface area (Å²) < 4.78 is 2.92. The summed E-state index contributed by atoms with van der Waals surface area (Å²) in [5.41, 5.74) is 10.3. The Kier molecular flexibility index (Phi) is 7.41. The number of aromatic nitrogens is 1. The Hall–Kier alpha value is -4.34. The Morgan fingerprint density at radius 3 is 1.39 bits per heavy atom. The molecule has 0 aliphatic rings. The van der Waals surface area contributed by atoms with Gasteiger partial charge < -0.3 is 4.72 Å². The molecule has 1 aromatic heterocycles. The highest BCUT2D eigenvalue weighted by Gasteiger charge is 2.16. The van der Waals surface area contributed by atoms with Crippen molar-refractivity contribution in [3.63, 3.8) is 0 Å². The number of thiol groups is 1. The molecule has 0 saturated carbocycles. The summed E-state index contributed by atoms with van der Waals surface area (Å²) in [7, 11) is 0. The first-order valence-corrected chi connectivity index (χ1v) is 12.3. The third kappa shape index (κ3) is 5.48. The first-order chi connectivity index (χ1) is 17.8. The fraction of sp³-hybridized carbons (Fsp3) is 0. The van der Waals surface area contributed by atoms with Gasteiger partial charge in [-0.3, -0.25) is 4.98 Å². The molecule has 4 aromatic carbocycles. The van der Waals surface area contributed by atoms with Gasteiger partial charge in [0.05, 0.1) is 0 Å². The predicted octanol–water partition coefficient (Wildman–Crippen LogP) is 8.52. The summed E-state index contributed by atoms with van der Waals surface area (Å²) in [5.74, 6) is 0. The first-order valence-electron chi connectivity index (χ1n) is 11.9. The van der Waals surface area contributed by atoms with Gasteiger partial charge in [0, 0.05) is 18.1 Å². The van der Waals surface area contributed by atoms with Crippen molar-refractivity contribution in [3.8, 4) is 0 Å². The van der Waals surface area contributed by atoms with Crippen LogP contribution >= 0.6 is 12.8 Å². The Morgan fingerprint density at radius 1 is 0.500 bits per heavy atom. The normalized spacial score (nSPS) is 11.8. The van der Waals surface area contributed by atoms with Crippen molar-refractivity contribution < 1.29 is 0 Å². The molecule has 3 heteroatoms. The first kappa shape index (κ1) is 23.4. The highest BCUT2D eigenvalue weighted by Crippen LogP contribution is 2.37. The van der Waals surface area contributed by atoms with E-state index in [-0.39, 0.29) is 0 Å². The Labute approximate surface area is 218 Å². The van der Waals surface area contributed by atoms with Crippen molar-refractivity contribution in [3.05, 3.63) is 167 Å². The lowest BCUT2D eigenvalue weighted by Gasteiger charge is -2.18. The summed E-state index contributed by atoms with van der Waals surface area (Å²) in [6, 6.07) is 42.4. The van der Waals surface area contributed by atoms with Crippen molar-refractivity contribution >= 4 is 41.8 Å². The average Bonchev–Trinajstić information content (AvgIpc) is 2.97. The lowest BCUT2D eigenvalue weighted by atomic mass is 9.85. The van der Waals surface area contributed by atoms with Crippen LogP contribution in [0.5, 0.6) is 0 Å². The van der Waals surface area contributed by atoms with E-state index in [4.69, 9.17) is 0 Å². The molecule has 1 N–H and O–H groups in total. The molecule has 0 saturated heterocycles. The molecule has 0 radical (unpaired) electrons. The highest BCUT2D eigenvalue weighted by atomic mass is 32.1. The Balaban J connectivity index is 1.66. The fourth-order valence-corrected chi connectivity index (χ4v) is 4.41. The number of pyridine rings is 1. The number of nitrogens with zero attached hydrogens (tertiary/aromatic N) is 1. The topological polar surface area (TPSA) is 24.9 Å². The maximum absolute atomic E-state index is 4.20. The van der Waals surface area contributed by atoms with Gasteiger partial charge in [0.25, 0.3) is 0 Å². The van der Waals surface area contributed by atoms with Crippen LogP contribution in [-0.4, -0.2) is 4.98 Å². The molecule has 2 nitrogen and oxygen atoms in total. The summed E-state index contributed by atoms with van der Waals surface area (Å²) in [4.78, 5) is 4.09. The molecule has 0 aliphatic heterocycles. The van der Waals surface area contributed by atoms with Crippen LogP contribution in [0.4, 0.5) is 5.69 Å². The average molecular weight is 483 g/mol. The van der Waals surface area contributed by atoms with E-state index in [9.17, 15) is 0 Å². The maximum Gasteiger partial charge on any atom is 0.0438 e. The molecular formula is C33H26N2S. The van der Waals surface area contributed by atoms with Gasteiger partial charge in [-0.2, -0.15) is 0 Å². The van der Waals surface area contributed by atoms with E-state index in [2.05, 4.69) is 144 Å². The van der Waals surface area contributed by atoms with Gasteiger partial charge >= 0.3 is 0 Å². The molecular weight excluding hydrogens is 456 g/mol. The predicted molar refractivity (Wildman–Crippen MR) is 157 cm³/mol. The number of nitrogens with one attached hydrogen (secondary N) is 1. The largest absolute Gasteiger partial charge is 0.332 e. The number of anilines is 1. The Morgan fingerprint density at radius 2 is 0.917 bits per heavy atom. The fourth-order valence-electron chi connectivity index (χ4n) is 4.26. The highest BCUT2D eigenvalue weighted by molar-refractivity contribution is 7.81. The van der Waals surface area contributed by atoms with Gasteiger partial charge in [0.2, 0.25) is 0 Å². The molecule has 0 unspecified atom stereocenters. The summed E-state index contributed by atoms with van der Waals surface area (Å²) in [6.45, 7) is 0. The molecule has 0 bridgehead atoms. The van der Waals surface area contributed by atoms with Gasteiger partial charge in [-0.25, -0.2) is 0 Å². The molecule has 0 fully saturated rings. The molecule has 0 spiro atoms. The van der Waals surface area contributed by atoms with E-state index in [0.717, 1.165) is 27.9 Å². The zero-order chi connectivity index (χ0) is 24.6. The SMILES string of the molecule is SNc1ccc(/C(=C(\c2ccccc2)c2ccc(/C=C/c3ccncc3)cc2)c2ccccc2)cc1. The summed E-state index contributed by atoms with van der Waals surface area (Å²) in [6.07, 6.45) is 7.86. The molecule has 0 atom stereocenters. The minimum absolute atomic E-state index is 0.959. The minimum Gasteiger partial charge on any atom is -0.332 e. The van der Waals surface area contributed by atoms with Crippen molar-refractivity contribution in [2.45, 2.75) is 0 Å². The van der Waals surface area contributed by atoms with Crippen LogP contribution in [0.15, 0.2) is 134 Å². The van der Waals surface area contributed by atoms with Gasteiger partial charge in [0.15, 0.2) is 0 Å². The van der Waals surface area contributed by atoms with Crippen molar-refractivity contribution in [2.75, 3.05) is 4.72 Å². The van der Waals surface area contributed by atoms with E-state index >= 15 is 0 Å². The molecule has 36 heavy (non-hydrogen) atoms. The molecule has 5 aromatic rings. The van der Waals surface area contributed by atoms with Crippen LogP contribution in [0, 0.1) is 0 Å². The van der Waals surface area contributed by atoms with Crippen molar-refractivity contribution in [1.29, 1.82) is 0 Å². The summed E-state index contributed by atoms with van der Waals surface area (Å²) in [5, 5.41) is 0. The second-order valence-corrected chi connectivity index (χ2v) is 8.63. The minimum atomic E-state index is 0.959. The molecule has 5 rings (SSSR count). The van der Waals surface area contributed by atoms with Gasteiger partial charge in [0.1, 0.15) is 0 Å². The van der Waals surface area contributed by atoms with E-state index in [1.54, 1.807) is 0 Å². The molecule has 0 amide bonds.